The van der Waals surface area contributed by atoms with Crippen LogP contribution in [0.25, 0.3) is 0 Å². The van der Waals surface area contributed by atoms with Gasteiger partial charge in [0.05, 0.1) is 24.5 Å². The Morgan fingerprint density at radius 1 is 0.732 bits per heavy atom. The van der Waals surface area contributed by atoms with Gasteiger partial charge in [0, 0.05) is 44.9 Å². The second-order valence-electron chi connectivity index (χ2n) is 17.4. The Morgan fingerprint density at radius 2 is 1.18 bits per heavy atom. The lowest BCUT2D eigenvalue weighted by molar-refractivity contribution is 0.250. The van der Waals surface area contributed by atoms with Crippen molar-refractivity contribution < 1.29 is 19.0 Å². The van der Waals surface area contributed by atoms with E-state index >= 15 is 0 Å². The first-order chi connectivity index (χ1) is 26.4. The van der Waals surface area contributed by atoms with Crippen LogP contribution in [0.5, 0.6) is 11.5 Å². The summed E-state index contributed by atoms with van der Waals surface area (Å²) in [6.45, 7) is 28.8. The summed E-state index contributed by atoms with van der Waals surface area (Å²) < 4.78 is 10.8. The second-order valence-corrected chi connectivity index (χ2v) is 17.4. The minimum atomic E-state index is -0.589. The Hall–Kier alpha value is -3.32. The average molecular weight is 785 g/mol. The fraction of sp³-hybridized carbons (Fsp3) is 0.727. The maximum atomic E-state index is 13.0. The number of aromatic hydroxyl groups is 2. The lowest BCUT2D eigenvalue weighted by atomic mass is 9.83. The van der Waals surface area contributed by atoms with Gasteiger partial charge in [-0.2, -0.15) is 0 Å². The summed E-state index contributed by atoms with van der Waals surface area (Å²) in [5, 5.41) is 25.1. The topological polar surface area (TPSA) is 170 Å². The van der Waals surface area contributed by atoms with Crippen molar-refractivity contribution in [2.45, 2.75) is 114 Å². The van der Waals surface area contributed by atoms with Crippen molar-refractivity contribution in [3.63, 3.8) is 0 Å². The van der Waals surface area contributed by atoms with E-state index in [0.29, 0.717) is 86.4 Å². The van der Waals surface area contributed by atoms with Gasteiger partial charge in [-0.25, -0.2) is 9.59 Å². The molecule has 0 aromatic carbocycles. The highest BCUT2D eigenvalue weighted by atomic mass is 16.4. The Balaban J connectivity index is 2.12. The van der Waals surface area contributed by atoms with Gasteiger partial charge in [0.15, 0.2) is 0 Å². The lowest BCUT2D eigenvalue weighted by Gasteiger charge is -2.25. The third-order valence-corrected chi connectivity index (χ3v) is 10.2. The number of nitrogens with two attached hydrogens (primary N) is 1. The van der Waals surface area contributed by atoms with E-state index in [1.807, 2.05) is 0 Å². The summed E-state index contributed by atoms with van der Waals surface area (Å²) in [6, 6.07) is 2.94. The van der Waals surface area contributed by atoms with Crippen LogP contribution in [0.15, 0.2) is 40.5 Å². The molecule has 12 nitrogen and oxygen atoms in total. The molecule has 0 fully saturated rings. The summed E-state index contributed by atoms with van der Waals surface area (Å²) in [5.74, 6) is 2.28. The number of nitrogens with one attached hydrogen (secondary N) is 1. The number of hydrogen-bond donors (Lipinski definition) is 4. The minimum Gasteiger partial charge on any atom is -0.507 e. The van der Waals surface area contributed by atoms with Crippen molar-refractivity contribution in [2.75, 3.05) is 72.0 Å². The zero-order valence-corrected chi connectivity index (χ0v) is 36.5. The van der Waals surface area contributed by atoms with Gasteiger partial charge in [0.2, 0.25) is 0 Å². The molecule has 2 heterocycles. The normalized spacial score (nSPS) is 13.1. The zero-order valence-electron chi connectivity index (χ0n) is 36.5. The predicted octanol–water partition coefficient (Wildman–Crippen LogP) is 6.78. The first kappa shape index (κ1) is 48.8. The molecule has 0 aliphatic carbocycles. The standard InChI is InChI=1S/C44H76N6O6/c1-31(2)13-22-49(23-14-32(3)4)26-21-48-37(41-39(52)29-35(8)56-43(41)54)30-46-19-17-44(9,10)16-11-12-36(40-38(51)28-34(7)55-42(40)53)47-20-27-50(25-18-45)24-15-33(5)6/h28-29,31-33,46,51-52H,11-27,30,45H2,1-10H3. The predicted molar refractivity (Wildman–Crippen MR) is 231 cm³/mol. The van der Waals surface area contributed by atoms with Crippen molar-refractivity contribution in [1.29, 1.82) is 0 Å². The third kappa shape index (κ3) is 18.7. The molecule has 318 valence electrons. The van der Waals surface area contributed by atoms with Crippen LogP contribution in [-0.4, -0.2) is 103 Å². The highest BCUT2D eigenvalue weighted by molar-refractivity contribution is 6.04. The van der Waals surface area contributed by atoms with Gasteiger partial charge in [-0.1, -0.05) is 55.4 Å². The minimum absolute atomic E-state index is 0.0669. The van der Waals surface area contributed by atoms with Gasteiger partial charge < -0.3 is 39.9 Å². The fourth-order valence-electron chi connectivity index (χ4n) is 6.55. The zero-order chi connectivity index (χ0) is 41.8. The van der Waals surface area contributed by atoms with Gasteiger partial charge in [-0.3, -0.25) is 9.98 Å². The summed E-state index contributed by atoms with van der Waals surface area (Å²) in [5.41, 5.74) is 5.96. The smallest absolute Gasteiger partial charge is 0.348 e. The Bertz CT molecular complexity index is 1610. The molecule has 0 radical (unpaired) electrons. The third-order valence-electron chi connectivity index (χ3n) is 10.2. The molecule has 2 rings (SSSR count). The number of aryl methyl sites for hydroxylation is 2. The maximum absolute atomic E-state index is 13.0. The molecule has 0 bridgehead atoms. The van der Waals surface area contributed by atoms with E-state index in [-0.39, 0.29) is 28.0 Å². The van der Waals surface area contributed by atoms with E-state index in [4.69, 9.17) is 24.6 Å². The first-order valence-electron chi connectivity index (χ1n) is 21.0. The molecule has 0 saturated heterocycles. The molecule has 0 spiro atoms. The van der Waals surface area contributed by atoms with Crippen LogP contribution in [-0.2, 0) is 0 Å². The molecule has 0 amide bonds. The highest BCUT2D eigenvalue weighted by Gasteiger charge is 2.22. The molecular formula is C44H76N6O6. The van der Waals surface area contributed by atoms with Crippen LogP contribution in [0.2, 0.25) is 0 Å². The van der Waals surface area contributed by atoms with E-state index in [0.717, 1.165) is 71.2 Å². The van der Waals surface area contributed by atoms with Crippen molar-refractivity contribution in [2.24, 2.45) is 38.9 Å². The fourth-order valence-corrected chi connectivity index (χ4v) is 6.55. The van der Waals surface area contributed by atoms with Crippen LogP contribution in [0.1, 0.15) is 123 Å². The Morgan fingerprint density at radius 3 is 1.62 bits per heavy atom. The second kappa shape index (κ2) is 25.1. The first-order valence-corrected chi connectivity index (χ1v) is 21.0. The van der Waals surface area contributed by atoms with Crippen molar-refractivity contribution in [1.82, 2.24) is 15.1 Å². The van der Waals surface area contributed by atoms with E-state index in [1.165, 1.54) is 12.1 Å². The van der Waals surface area contributed by atoms with Gasteiger partial charge >= 0.3 is 11.3 Å². The molecule has 56 heavy (non-hydrogen) atoms. The largest absolute Gasteiger partial charge is 0.507 e. The molecule has 2 aromatic rings. The highest BCUT2D eigenvalue weighted by Crippen LogP contribution is 2.28. The molecule has 0 unspecified atom stereocenters. The summed E-state index contributed by atoms with van der Waals surface area (Å²) in [4.78, 5) is 40.4. The van der Waals surface area contributed by atoms with Gasteiger partial charge in [-0.15, -0.1) is 0 Å². The van der Waals surface area contributed by atoms with Crippen LogP contribution in [0, 0.1) is 37.0 Å². The maximum Gasteiger partial charge on any atom is 0.348 e. The molecule has 2 aromatic heterocycles. The molecule has 0 atom stereocenters. The molecule has 0 aliphatic rings. The van der Waals surface area contributed by atoms with Crippen LogP contribution in [0.4, 0.5) is 0 Å². The van der Waals surface area contributed by atoms with Crippen molar-refractivity contribution in [3.05, 3.63) is 55.6 Å². The van der Waals surface area contributed by atoms with E-state index in [2.05, 4.69) is 70.5 Å². The Labute approximate surface area is 337 Å². The van der Waals surface area contributed by atoms with Gasteiger partial charge in [-0.05, 0) is 108 Å². The number of rotatable bonds is 28. The van der Waals surface area contributed by atoms with E-state index in [9.17, 15) is 19.8 Å². The average Bonchev–Trinajstić information content (AvgIpc) is 3.08. The summed E-state index contributed by atoms with van der Waals surface area (Å²) in [6.07, 6.45) is 6.25. The van der Waals surface area contributed by atoms with Crippen LogP contribution in [0.3, 0.4) is 0 Å². The van der Waals surface area contributed by atoms with Crippen molar-refractivity contribution >= 4 is 11.4 Å². The molecule has 0 aliphatic heterocycles. The number of hydrogen-bond acceptors (Lipinski definition) is 12. The Kier molecular flexibility index (Phi) is 21.9. The molecule has 0 saturated carbocycles. The van der Waals surface area contributed by atoms with Gasteiger partial charge in [0.25, 0.3) is 0 Å². The van der Waals surface area contributed by atoms with Crippen LogP contribution < -0.4 is 22.3 Å². The summed E-state index contributed by atoms with van der Waals surface area (Å²) in [7, 11) is 0. The summed E-state index contributed by atoms with van der Waals surface area (Å²) >= 11 is 0. The number of nitrogens with zero attached hydrogens (tertiary/aromatic N) is 4. The van der Waals surface area contributed by atoms with Crippen LogP contribution >= 0.6 is 0 Å². The monoisotopic (exact) mass is 785 g/mol. The van der Waals surface area contributed by atoms with E-state index < -0.39 is 11.3 Å². The number of aliphatic imine (C=N–C) groups is 2. The molecule has 12 heteroatoms. The van der Waals surface area contributed by atoms with Crippen molar-refractivity contribution in [3.8, 4) is 11.5 Å². The lowest BCUT2D eigenvalue weighted by Crippen LogP contribution is -2.33. The van der Waals surface area contributed by atoms with E-state index in [1.54, 1.807) is 13.8 Å². The molecule has 5 N–H and O–H groups in total. The quantitative estimate of drug-likeness (QED) is 0.0533. The molecular weight excluding hydrogens is 709 g/mol. The SMILES string of the molecule is Cc1cc(O)c(C(CCCC(C)(C)CCNCC(=NCCN(CCC(C)C)CCC(C)C)c2c(O)cc(C)oc2=O)=NCCN(CCN)CCC(C)C)c(=O)o1. The van der Waals surface area contributed by atoms with Gasteiger partial charge in [0.1, 0.15) is 34.1 Å².